The van der Waals surface area contributed by atoms with Gasteiger partial charge in [-0.2, -0.15) is 5.10 Å². The lowest BCUT2D eigenvalue weighted by atomic mass is 10.1. The van der Waals surface area contributed by atoms with E-state index in [2.05, 4.69) is 4.98 Å². The molecule has 2 aromatic heterocycles. The van der Waals surface area contributed by atoms with Gasteiger partial charge in [0.05, 0.1) is 16.7 Å². The Hall–Kier alpha value is -3.31. The van der Waals surface area contributed by atoms with E-state index < -0.39 is 0 Å². The topological polar surface area (TPSA) is 30.7 Å². The van der Waals surface area contributed by atoms with E-state index in [1.807, 2.05) is 12.1 Å². The van der Waals surface area contributed by atoms with Crippen LogP contribution in [0.2, 0.25) is 5.02 Å². The maximum Gasteiger partial charge on any atom is 0.125 e. The first-order chi connectivity index (χ1) is 13.6. The number of benzene rings is 3. The zero-order chi connectivity index (χ0) is 19.3. The molecule has 5 rings (SSSR count). The zero-order valence-electron chi connectivity index (χ0n) is 14.4. The number of hydrogen-bond acceptors (Lipinski definition) is 2. The molecule has 5 aromatic rings. The molecule has 0 aliphatic heterocycles. The van der Waals surface area contributed by atoms with Crippen molar-refractivity contribution in [2.45, 2.75) is 0 Å². The summed E-state index contributed by atoms with van der Waals surface area (Å²) < 4.78 is 29.5. The second kappa shape index (κ2) is 6.39. The molecule has 0 aliphatic rings. The molecule has 0 radical (unpaired) electrons. The molecule has 0 spiro atoms. The molecule has 3 aromatic carbocycles. The maximum absolute atomic E-state index is 14.0. The molecule has 0 N–H and O–H groups in total. The van der Waals surface area contributed by atoms with E-state index in [0.29, 0.717) is 32.8 Å². The van der Waals surface area contributed by atoms with Crippen LogP contribution in [-0.4, -0.2) is 14.8 Å². The SMILES string of the molecule is Fc1cccc(-n2nc(-c3ccc(Cl)cc3)c3cnc4ccc(F)cc4c32)c1. The summed E-state index contributed by atoms with van der Waals surface area (Å²) in [5.41, 5.74) is 3.34. The van der Waals surface area contributed by atoms with E-state index in [1.54, 1.807) is 41.2 Å². The summed E-state index contributed by atoms with van der Waals surface area (Å²) in [5, 5.41) is 6.69. The predicted octanol–water partition coefficient (Wildman–Crippen LogP) is 6.17. The van der Waals surface area contributed by atoms with Crippen LogP contribution in [0.25, 0.3) is 38.8 Å². The van der Waals surface area contributed by atoms with Crippen LogP contribution < -0.4 is 0 Å². The third kappa shape index (κ3) is 2.72. The van der Waals surface area contributed by atoms with Gasteiger partial charge in [-0.3, -0.25) is 4.98 Å². The highest BCUT2D eigenvalue weighted by atomic mass is 35.5. The largest absolute Gasteiger partial charge is 0.255 e. The van der Waals surface area contributed by atoms with Gasteiger partial charge in [0.2, 0.25) is 0 Å². The number of aromatic nitrogens is 3. The highest BCUT2D eigenvalue weighted by molar-refractivity contribution is 6.30. The Morgan fingerprint density at radius 2 is 1.61 bits per heavy atom. The Labute approximate surface area is 163 Å². The zero-order valence-corrected chi connectivity index (χ0v) is 15.2. The molecule has 0 atom stereocenters. The minimum Gasteiger partial charge on any atom is -0.255 e. The van der Waals surface area contributed by atoms with Gasteiger partial charge in [-0.1, -0.05) is 29.8 Å². The molecule has 0 amide bonds. The van der Waals surface area contributed by atoms with E-state index in [9.17, 15) is 8.78 Å². The lowest BCUT2D eigenvalue weighted by Crippen LogP contribution is -1.98. The molecule has 0 aliphatic carbocycles. The van der Waals surface area contributed by atoms with Crippen LogP contribution in [0.4, 0.5) is 8.78 Å². The van der Waals surface area contributed by atoms with Gasteiger partial charge in [0.25, 0.3) is 0 Å². The quantitative estimate of drug-likeness (QED) is 0.360. The van der Waals surface area contributed by atoms with Crippen LogP contribution >= 0.6 is 11.6 Å². The first-order valence-corrected chi connectivity index (χ1v) is 8.97. The molecule has 0 saturated heterocycles. The maximum atomic E-state index is 14.0. The highest BCUT2D eigenvalue weighted by Gasteiger charge is 2.17. The highest BCUT2D eigenvalue weighted by Crippen LogP contribution is 2.34. The Kier molecular flexibility index (Phi) is 3.84. The minimum atomic E-state index is -0.376. The van der Waals surface area contributed by atoms with Crippen LogP contribution in [0.5, 0.6) is 0 Å². The summed E-state index contributed by atoms with van der Waals surface area (Å²) >= 11 is 6.01. The summed E-state index contributed by atoms with van der Waals surface area (Å²) in [6, 6.07) is 17.8. The van der Waals surface area contributed by atoms with Gasteiger partial charge in [0.15, 0.2) is 0 Å². The van der Waals surface area contributed by atoms with Crippen molar-refractivity contribution in [1.29, 1.82) is 0 Å². The monoisotopic (exact) mass is 391 g/mol. The number of hydrogen-bond donors (Lipinski definition) is 0. The number of nitrogens with zero attached hydrogens (tertiary/aromatic N) is 3. The number of pyridine rings is 1. The van der Waals surface area contributed by atoms with Crippen LogP contribution in [-0.2, 0) is 0 Å². The van der Waals surface area contributed by atoms with Gasteiger partial charge in [0, 0.05) is 27.6 Å². The summed E-state index contributed by atoms with van der Waals surface area (Å²) in [5.74, 6) is -0.749. The second-order valence-corrected chi connectivity index (χ2v) is 6.87. The van der Waals surface area contributed by atoms with Crippen molar-refractivity contribution in [3.8, 4) is 16.9 Å². The first-order valence-electron chi connectivity index (χ1n) is 8.59. The van der Waals surface area contributed by atoms with E-state index in [1.165, 1.54) is 24.3 Å². The molecule has 3 nitrogen and oxygen atoms in total. The standard InChI is InChI=1S/C22H12ClF2N3/c23-14-6-4-13(5-7-14)21-19-12-26-20-9-8-16(25)11-18(20)22(19)28(27-21)17-3-1-2-15(24)10-17/h1-12H. The van der Waals surface area contributed by atoms with E-state index in [4.69, 9.17) is 16.7 Å². The Morgan fingerprint density at radius 3 is 2.39 bits per heavy atom. The average molecular weight is 392 g/mol. The molecular formula is C22H12ClF2N3. The van der Waals surface area contributed by atoms with Crippen LogP contribution in [0.1, 0.15) is 0 Å². The molecule has 28 heavy (non-hydrogen) atoms. The fraction of sp³-hybridized carbons (Fsp3) is 0. The molecule has 2 heterocycles. The lowest BCUT2D eigenvalue weighted by molar-refractivity contribution is 0.625. The number of fused-ring (bicyclic) bond motifs is 3. The van der Waals surface area contributed by atoms with Gasteiger partial charge >= 0.3 is 0 Å². The van der Waals surface area contributed by atoms with Crippen molar-refractivity contribution >= 4 is 33.4 Å². The van der Waals surface area contributed by atoms with Crippen molar-refractivity contribution in [2.24, 2.45) is 0 Å². The smallest absolute Gasteiger partial charge is 0.125 e. The molecule has 0 fully saturated rings. The van der Waals surface area contributed by atoms with Gasteiger partial charge in [-0.15, -0.1) is 0 Å². The number of halogens is 3. The Balaban J connectivity index is 1.91. The fourth-order valence-corrected chi connectivity index (χ4v) is 3.50. The fourth-order valence-electron chi connectivity index (χ4n) is 3.37. The first kappa shape index (κ1) is 16.8. The summed E-state index contributed by atoms with van der Waals surface area (Å²) in [4.78, 5) is 4.46. The predicted molar refractivity (Wildman–Crippen MR) is 107 cm³/mol. The summed E-state index contributed by atoms with van der Waals surface area (Å²) in [6.45, 7) is 0. The summed E-state index contributed by atoms with van der Waals surface area (Å²) in [7, 11) is 0. The Bertz CT molecular complexity index is 1340. The van der Waals surface area contributed by atoms with Crippen LogP contribution in [0.15, 0.2) is 72.9 Å². The van der Waals surface area contributed by atoms with Gasteiger partial charge in [0.1, 0.15) is 17.3 Å². The molecule has 0 unspecified atom stereocenters. The van der Waals surface area contributed by atoms with Gasteiger partial charge < -0.3 is 0 Å². The molecule has 0 saturated carbocycles. The normalized spacial score (nSPS) is 11.4. The van der Waals surface area contributed by atoms with Crippen molar-refractivity contribution in [3.05, 3.63) is 89.6 Å². The van der Waals surface area contributed by atoms with Crippen LogP contribution in [0.3, 0.4) is 0 Å². The Morgan fingerprint density at radius 1 is 0.821 bits per heavy atom. The molecule has 136 valence electrons. The summed E-state index contributed by atoms with van der Waals surface area (Å²) in [6.07, 6.45) is 1.71. The lowest BCUT2D eigenvalue weighted by Gasteiger charge is -2.06. The third-order valence-corrected chi connectivity index (χ3v) is 4.89. The van der Waals surface area contributed by atoms with Gasteiger partial charge in [-0.25, -0.2) is 13.5 Å². The minimum absolute atomic E-state index is 0.373. The van der Waals surface area contributed by atoms with E-state index in [-0.39, 0.29) is 11.6 Å². The molecule has 6 heteroatoms. The molecule has 0 bridgehead atoms. The van der Waals surface area contributed by atoms with Crippen molar-refractivity contribution in [2.75, 3.05) is 0 Å². The van der Waals surface area contributed by atoms with Crippen molar-refractivity contribution in [3.63, 3.8) is 0 Å². The van der Waals surface area contributed by atoms with E-state index >= 15 is 0 Å². The van der Waals surface area contributed by atoms with Crippen molar-refractivity contribution < 1.29 is 8.78 Å². The third-order valence-electron chi connectivity index (χ3n) is 4.64. The van der Waals surface area contributed by atoms with Gasteiger partial charge in [-0.05, 0) is 48.5 Å². The number of rotatable bonds is 2. The second-order valence-electron chi connectivity index (χ2n) is 6.43. The van der Waals surface area contributed by atoms with E-state index in [0.717, 1.165) is 10.9 Å². The average Bonchev–Trinajstić information content (AvgIpc) is 3.09. The van der Waals surface area contributed by atoms with Crippen LogP contribution in [0, 0.1) is 11.6 Å². The van der Waals surface area contributed by atoms with Crippen molar-refractivity contribution in [1.82, 2.24) is 14.8 Å². The molecular weight excluding hydrogens is 380 g/mol.